The van der Waals surface area contributed by atoms with Gasteiger partial charge >= 0.3 is 0 Å². The van der Waals surface area contributed by atoms with Crippen LogP contribution in [0.5, 0.6) is 11.5 Å². The summed E-state index contributed by atoms with van der Waals surface area (Å²) in [4.78, 5) is 23.7. The van der Waals surface area contributed by atoms with Crippen molar-refractivity contribution < 1.29 is 14.3 Å². The predicted octanol–water partition coefficient (Wildman–Crippen LogP) is 7.31. The fraction of sp³-hybridized carbons (Fsp3) is 0.300. The third kappa shape index (κ3) is 7.75. The molecule has 0 spiro atoms. The summed E-state index contributed by atoms with van der Waals surface area (Å²) in [5.41, 5.74) is 5.73. The van der Waals surface area contributed by atoms with Crippen LogP contribution in [0.15, 0.2) is 109 Å². The van der Waals surface area contributed by atoms with E-state index in [1.165, 1.54) is 0 Å². The molecule has 7 heteroatoms. The van der Waals surface area contributed by atoms with E-state index < -0.39 is 0 Å². The lowest BCUT2D eigenvalue weighted by molar-refractivity contribution is -0.121. The minimum absolute atomic E-state index is 0.0335. The summed E-state index contributed by atoms with van der Waals surface area (Å²) >= 11 is 0. The van der Waals surface area contributed by atoms with Gasteiger partial charge in [0.05, 0.1) is 37.4 Å². The normalized spacial score (nSPS) is 14.1. The van der Waals surface area contributed by atoms with Crippen molar-refractivity contribution in [3.8, 4) is 22.8 Å². The Bertz CT molecular complexity index is 1750. The highest BCUT2D eigenvalue weighted by Crippen LogP contribution is 2.37. The van der Waals surface area contributed by atoms with Crippen LogP contribution < -0.4 is 19.7 Å². The molecule has 0 aliphatic carbocycles. The van der Waals surface area contributed by atoms with Crippen LogP contribution in [0.25, 0.3) is 22.2 Å². The molecule has 1 aromatic heterocycles. The van der Waals surface area contributed by atoms with Gasteiger partial charge in [-0.15, -0.1) is 0 Å². The smallest absolute Gasteiger partial charge is 0.225 e. The van der Waals surface area contributed by atoms with Gasteiger partial charge in [0.2, 0.25) is 5.91 Å². The molecule has 47 heavy (non-hydrogen) atoms. The number of piperazine rings is 1. The highest BCUT2D eigenvalue weighted by Gasteiger charge is 2.23. The van der Waals surface area contributed by atoms with E-state index in [0.29, 0.717) is 12.4 Å². The van der Waals surface area contributed by atoms with Crippen molar-refractivity contribution in [2.24, 2.45) is 0 Å². The van der Waals surface area contributed by atoms with Crippen molar-refractivity contribution in [2.45, 2.75) is 32.2 Å². The Hall–Kier alpha value is -4.88. The monoisotopic (exact) mass is 628 g/mol. The Balaban J connectivity index is 1.19. The molecule has 1 fully saturated rings. The fourth-order valence-electron chi connectivity index (χ4n) is 6.46. The summed E-state index contributed by atoms with van der Waals surface area (Å²) in [7, 11) is 1.73. The predicted molar refractivity (Wildman–Crippen MR) is 190 cm³/mol. The fourth-order valence-corrected chi connectivity index (χ4v) is 6.46. The number of nitrogens with one attached hydrogen (secondary N) is 1. The number of rotatable bonds is 13. The minimum Gasteiger partial charge on any atom is -0.495 e. The highest BCUT2D eigenvalue weighted by atomic mass is 16.5. The Morgan fingerprint density at radius 2 is 1.53 bits per heavy atom. The molecule has 1 atom stereocenters. The third-order valence-corrected chi connectivity index (χ3v) is 8.94. The van der Waals surface area contributed by atoms with Crippen LogP contribution >= 0.6 is 0 Å². The summed E-state index contributed by atoms with van der Waals surface area (Å²) in [5.74, 6) is 1.58. The molecule has 1 aliphatic heterocycles. The van der Waals surface area contributed by atoms with Crippen LogP contribution in [0.2, 0.25) is 0 Å². The van der Waals surface area contributed by atoms with Gasteiger partial charge in [-0.25, -0.2) is 4.98 Å². The summed E-state index contributed by atoms with van der Waals surface area (Å²) in [6.45, 7) is 7.44. The second-order valence-corrected chi connectivity index (χ2v) is 12.0. The van der Waals surface area contributed by atoms with Crippen molar-refractivity contribution in [1.29, 1.82) is 0 Å². The molecule has 0 saturated carbocycles. The van der Waals surface area contributed by atoms with Crippen molar-refractivity contribution >= 4 is 22.5 Å². The lowest BCUT2D eigenvalue weighted by Gasteiger charge is -2.36. The number of pyridine rings is 1. The van der Waals surface area contributed by atoms with Crippen LogP contribution in [0.4, 0.5) is 5.69 Å². The van der Waals surface area contributed by atoms with Gasteiger partial charge in [-0.2, -0.15) is 0 Å². The number of hydrogen-bond donors (Lipinski definition) is 1. The van der Waals surface area contributed by atoms with E-state index in [9.17, 15) is 4.79 Å². The van der Waals surface area contributed by atoms with E-state index in [4.69, 9.17) is 14.5 Å². The van der Waals surface area contributed by atoms with E-state index in [1.807, 2.05) is 72.8 Å². The molecule has 5 aromatic rings. The van der Waals surface area contributed by atoms with E-state index in [-0.39, 0.29) is 18.4 Å². The molecule has 1 aliphatic rings. The van der Waals surface area contributed by atoms with Gasteiger partial charge in [0.1, 0.15) is 17.2 Å². The first-order valence-corrected chi connectivity index (χ1v) is 16.7. The molecule has 1 amide bonds. The number of anilines is 1. The molecule has 1 N–H and O–H groups in total. The summed E-state index contributed by atoms with van der Waals surface area (Å²) in [6.07, 6.45) is 1.87. The summed E-state index contributed by atoms with van der Waals surface area (Å²) in [5, 5.41) is 4.22. The second kappa shape index (κ2) is 15.6. The first-order valence-electron chi connectivity index (χ1n) is 16.7. The van der Waals surface area contributed by atoms with Gasteiger partial charge < -0.3 is 19.7 Å². The van der Waals surface area contributed by atoms with Gasteiger partial charge in [-0.05, 0) is 36.6 Å². The molecule has 0 bridgehead atoms. The number of ether oxygens (including phenoxy) is 2. The van der Waals surface area contributed by atoms with Crippen molar-refractivity contribution in [2.75, 3.05) is 51.3 Å². The molecule has 1 saturated heterocycles. The third-order valence-electron chi connectivity index (χ3n) is 8.94. The van der Waals surface area contributed by atoms with Gasteiger partial charge in [0.15, 0.2) is 0 Å². The minimum atomic E-state index is -0.0572. The average Bonchev–Trinajstić information content (AvgIpc) is 3.13. The maximum absolute atomic E-state index is 13.7. The zero-order chi connectivity index (χ0) is 32.4. The van der Waals surface area contributed by atoms with E-state index in [2.05, 4.69) is 58.4 Å². The zero-order valence-electron chi connectivity index (χ0n) is 27.4. The van der Waals surface area contributed by atoms with Gasteiger partial charge in [0, 0.05) is 49.2 Å². The van der Waals surface area contributed by atoms with Crippen LogP contribution in [0.1, 0.15) is 36.9 Å². The zero-order valence-corrected chi connectivity index (χ0v) is 27.4. The number of carbonyl (C=O) groups is 1. The molecule has 242 valence electrons. The quantitative estimate of drug-likeness (QED) is 0.138. The standard InChI is InChI=1S/C40H44N4O3/c1-3-34(30-15-6-4-7-16-30)41-38(45)29-33-32-19-10-11-20-35(32)42-39(31-17-8-5-9-18-31)40(33)47-28-14-23-43-24-26-44(27-25-43)36-21-12-13-22-37(36)46-2/h4-13,15-22,34H,3,14,23-29H2,1-2H3,(H,41,45)/t34-/m0/s1. The number of amides is 1. The SMILES string of the molecule is CC[C@H](NC(=O)Cc1c(OCCCN2CCN(c3ccccc3OC)CC2)c(-c2ccccc2)nc2ccccc12)c1ccccc1. The highest BCUT2D eigenvalue weighted by molar-refractivity contribution is 5.93. The van der Waals surface area contributed by atoms with Crippen LogP contribution in [0, 0.1) is 0 Å². The van der Waals surface area contributed by atoms with Crippen LogP contribution in [-0.4, -0.2) is 62.2 Å². The van der Waals surface area contributed by atoms with Crippen LogP contribution in [0.3, 0.4) is 0 Å². The van der Waals surface area contributed by atoms with Gasteiger partial charge in [0.25, 0.3) is 0 Å². The second-order valence-electron chi connectivity index (χ2n) is 12.0. The van der Waals surface area contributed by atoms with Crippen molar-refractivity contribution in [3.63, 3.8) is 0 Å². The summed E-state index contributed by atoms with van der Waals surface area (Å²) < 4.78 is 12.3. The first-order chi connectivity index (χ1) is 23.1. The number of nitrogens with zero attached hydrogens (tertiary/aromatic N) is 3. The molecule has 7 nitrogen and oxygen atoms in total. The number of methoxy groups -OCH3 is 1. The van der Waals surface area contributed by atoms with E-state index in [1.54, 1.807) is 7.11 Å². The first kappa shape index (κ1) is 32.1. The number of hydrogen-bond acceptors (Lipinski definition) is 6. The lowest BCUT2D eigenvalue weighted by Crippen LogP contribution is -2.46. The maximum atomic E-state index is 13.7. The molecule has 4 aromatic carbocycles. The Morgan fingerprint density at radius 3 is 2.28 bits per heavy atom. The number of benzene rings is 4. The Morgan fingerprint density at radius 1 is 0.851 bits per heavy atom. The average molecular weight is 629 g/mol. The number of fused-ring (bicyclic) bond motifs is 1. The molecular formula is C40H44N4O3. The Labute approximate surface area is 278 Å². The molecule has 0 radical (unpaired) electrons. The van der Waals surface area contributed by atoms with Gasteiger partial charge in [-0.1, -0.05) is 97.9 Å². The molecule has 2 heterocycles. The van der Waals surface area contributed by atoms with E-state index >= 15 is 0 Å². The number of carbonyl (C=O) groups excluding carboxylic acids is 1. The van der Waals surface area contributed by atoms with E-state index in [0.717, 1.165) is 90.3 Å². The molecule has 0 unspecified atom stereocenters. The topological polar surface area (TPSA) is 66.9 Å². The molecular weight excluding hydrogens is 584 g/mol. The number of para-hydroxylation sites is 3. The number of aromatic nitrogens is 1. The largest absolute Gasteiger partial charge is 0.495 e. The Kier molecular flexibility index (Phi) is 10.7. The van der Waals surface area contributed by atoms with Crippen LogP contribution in [-0.2, 0) is 11.2 Å². The van der Waals surface area contributed by atoms with Crippen molar-refractivity contribution in [1.82, 2.24) is 15.2 Å². The lowest BCUT2D eigenvalue weighted by atomic mass is 9.99. The summed E-state index contributed by atoms with van der Waals surface area (Å²) in [6, 6.07) is 36.5. The van der Waals surface area contributed by atoms with Gasteiger partial charge in [-0.3, -0.25) is 9.69 Å². The molecule has 6 rings (SSSR count). The maximum Gasteiger partial charge on any atom is 0.225 e. The van der Waals surface area contributed by atoms with Crippen molar-refractivity contribution in [3.05, 3.63) is 120 Å².